The Morgan fingerprint density at radius 3 is 3.06 bits per heavy atom. The molecule has 1 aromatic carbocycles. The number of amides is 1. The molecule has 0 aliphatic carbocycles. The number of fused-ring (bicyclic) bond motifs is 3. The van der Waals surface area contributed by atoms with Crippen molar-refractivity contribution in [2.75, 3.05) is 5.32 Å². The predicted molar refractivity (Wildman–Crippen MR) is 67.1 cm³/mol. The fraction of sp³-hybridized carbons (Fsp3) is 0.385. The molecule has 0 fully saturated rings. The topological polar surface area (TPSA) is 46.9 Å². The molecule has 0 spiro atoms. The van der Waals surface area contributed by atoms with Crippen LogP contribution in [-0.2, 0) is 17.8 Å². The maximum atomic E-state index is 11.1. The number of hydrogen-bond acceptors (Lipinski definition) is 2. The largest absolute Gasteiger partial charge is 0.328 e. The lowest BCUT2D eigenvalue weighted by Crippen LogP contribution is -2.07. The van der Waals surface area contributed by atoms with E-state index in [1.165, 1.54) is 24.7 Å². The third kappa shape index (κ3) is 1.60. The third-order valence-electron chi connectivity index (χ3n) is 3.27. The summed E-state index contributed by atoms with van der Waals surface area (Å²) in [6.07, 6.45) is 2.24. The van der Waals surface area contributed by atoms with Gasteiger partial charge in [-0.1, -0.05) is 0 Å². The quantitative estimate of drug-likeness (QED) is 0.815. The molecule has 0 bridgehead atoms. The average molecular weight is 229 g/mol. The molecule has 4 heteroatoms. The Morgan fingerprint density at radius 1 is 1.47 bits per heavy atom. The van der Waals surface area contributed by atoms with Gasteiger partial charge in [0.15, 0.2) is 0 Å². The smallest absolute Gasteiger partial charge is 0.221 e. The van der Waals surface area contributed by atoms with Crippen LogP contribution in [0.2, 0.25) is 0 Å². The molecule has 2 aromatic rings. The van der Waals surface area contributed by atoms with Gasteiger partial charge in [-0.15, -0.1) is 0 Å². The minimum atomic E-state index is -0.0424. The second-order valence-corrected chi connectivity index (χ2v) is 4.62. The second-order valence-electron chi connectivity index (χ2n) is 4.62. The fourth-order valence-electron chi connectivity index (χ4n) is 2.49. The Hall–Kier alpha value is -1.84. The van der Waals surface area contributed by atoms with E-state index in [2.05, 4.69) is 20.9 Å². The number of aryl methyl sites for hydroxylation is 3. The van der Waals surface area contributed by atoms with Crippen molar-refractivity contribution in [2.24, 2.45) is 0 Å². The van der Waals surface area contributed by atoms with Crippen molar-refractivity contribution in [3.05, 3.63) is 23.5 Å². The molecule has 17 heavy (non-hydrogen) atoms. The van der Waals surface area contributed by atoms with Gasteiger partial charge in [0.05, 0.1) is 11.0 Å². The Morgan fingerprint density at radius 2 is 2.29 bits per heavy atom. The van der Waals surface area contributed by atoms with Crippen molar-refractivity contribution >= 4 is 22.6 Å². The predicted octanol–water partition coefficient (Wildman–Crippen LogP) is 2.25. The fourth-order valence-corrected chi connectivity index (χ4v) is 2.49. The lowest BCUT2D eigenvalue weighted by atomic mass is 10.1. The molecule has 88 valence electrons. The molecule has 0 radical (unpaired) electrons. The van der Waals surface area contributed by atoms with Gasteiger partial charge in [0.1, 0.15) is 5.82 Å². The molecule has 0 saturated heterocycles. The van der Waals surface area contributed by atoms with Crippen LogP contribution in [-0.4, -0.2) is 15.5 Å². The highest BCUT2D eigenvalue weighted by Gasteiger charge is 2.17. The zero-order valence-corrected chi connectivity index (χ0v) is 10.1. The second kappa shape index (κ2) is 3.58. The number of hydrogen-bond donors (Lipinski definition) is 1. The first-order valence-electron chi connectivity index (χ1n) is 5.92. The molecule has 0 atom stereocenters. The maximum Gasteiger partial charge on any atom is 0.221 e. The monoisotopic (exact) mass is 229 g/mol. The van der Waals surface area contributed by atoms with E-state index in [9.17, 15) is 4.79 Å². The van der Waals surface area contributed by atoms with E-state index in [-0.39, 0.29) is 5.91 Å². The molecule has 0 unspecified atom stereocenters. The molecule has 1 aliphatic heterocycles. The molecule has 2 heterocycles. The number of imidazole rings is 1. The van der Waals surface area contributed by atoms with Gasteiger partial charge in [-0.2, -0.15) is 0 Å². The highest BCUT2D eigenvalue weighted by molar-refractivity contribution is 5.93. The van der Waals surface area contributed by atoms with Crippen molar-refractivity contribution in [1.82, 2.24) is 9.55 Å². The highest BCUT2D eigenvalue weighted by Crippen LogP contribution is 2.27. The molecule has 1 amide bonds. The van der Waals surface area contributed by atoms with Gasteiger partial charge in [0.25, 0.3) is 0 Å². The maximum absolute atomic E-state index is 11.1. The van der Waals surface area contributed by atoms with Crippen LogP contribution in [0.1, 0.15) is 24.7 Å². The van der Waals surface area contributed by atoms with Crippen molar-refractivity contribution in [1.29, 1.82) is 0 Å². The summed E-state index contributed by atoms with van der Waals surface area (Å²) in [4.78, 5) is 15.7. The number of nitrogens with zero attached hydrogens (tertiary/aromatic N) is 2. The minimum Gasteiger partial charge on any atom is -0.328 e. The lowest BCUT2D eigenvalue weighted by molar-refractivity contribution is -0.114. The molecule has 0 saturated carbocycles. The van der Waals surface area contributed by atoms with Gasteiger partial charge >= 0.3 is 0 Å². The number of anilines is 1. The number of benzene rings is 1. The van der Waals surface area contributed by atoms with Crippen LogP contribution in [0.25, 0.3) is 11.0 Å². The lowest BCUT2D eigenvalue weighted by Gasteiger charge is -2.07. The molecule has 3 rings (SSSR count). The van der Waals surface area contributed by atoms with Gasteiger partial charge in [0, 0.05) is 25.6 Å². The Bertz CT molecular complexity index is 613. The van der Waals surface area contributed by atoms with Gasteiger partial charge in [-0.3, -0.25) is 4.79 Å². The SMILES string of the molecule is CC(=O)Nc1cc2nc3n(c2cc1C)CCC3. The summed E-state index contributed by atoms with van der Waals surface area (Å²) in [5.41, 5.74) is 4.11. The summed E-state index contributed by atoms with van der Waals surface area (Å²) in [6.45, 7) is 4.60. The Kier molecular flexibility index (Phi) is 2.18. The molecule has 1 aliphatic rings. The van der Waals surface area contributed by atoms with Crippen LogP contribution in [0.3, 0.4) is 0 Å². The van der Waals surface area contributed by atoms with Gasteiger partial charge < -0.3 is 9.88 Å². The van der Waals surface area contributed by atoms with Gasteiger partial charge in [-0.25, -0.2) is 4.98 Å². The van der Waals surface area contributed by atoms with Crippen molar-refractivity contribution in [2.45, 2.75) is 33.2 Å². The number of nitrogens with one attached hydrogen (secondary N) is 1. The average Bonchev–Trinajstić information content (AvgIpc) is 2.79. The van der Waals surface area contributed by atoms with Crippen molar-refractivity contribution < 1.29 is 4.79 Å². The first-order valence-corrected chi connectivity index (χ1v) is 5.92. The Balaban J connectivity index is 2.17. The standard InChI is InChI=1S/C13H15N3O/c1-8-6-12-11(7-10(8)14-9(2)17)15-13-4-3-5-16(12)13/h6-7H,3-5H2,1-2H3,(H,14,17). The molecule has 4 nitrogen and oxygen atoms in total. The highest BCUT2D eigenvalue weighted by atomic mass is 16.1. The first-order chi connectivity index (χ1) is 8.15. The zero-order chi connectivity index (χ0) is 12.0. The molecular weight excluding hydrogens is 214 g/mol. The molecule has 1 aromatic heterocycles. The van der Waals surface area contributed by atoms with Gasteiger partial charge in [-0.05, 0) is 31.0 Å². The number of rotatable bonds is 1. The van der Waals surface area contributed by atoms with Crippen molar-refractivity contribution in [3.63, 3.8) is 0 Å². The number of carbonyl (C=O) groups is 1. The molecular formula is C13H15N3O. The van der Waals surface area contributed by atoms with Crippen LogP contribution in [0.4, 0.5) is 5.69 Å². The van der Waals surface area contributed by atoms with E-state index in [0.717, 1.165) is 29.7 Å². The molecule has 1 N–H and O–H groups in total. The van der Waals surface area contributed by atoms with Gasteiger partial charge in [0.2, 0.25) is 5.91 Å². The van der Waals surface area contributed by atoms with Crippen LogP contribution >= 0.6 is 0 Å². The summed E-state index contributed by atoms with van der Waals surface area (Å²) in [6, 6.07) is 4.08. The van der Waals surface area contributed by atoms with E-state index in [1.54, 1.807) is 0 Å². The minimum absolute atomic E-state index is 0.0424. The summed E-state index contributed by atoms with van der Waals surface area (Å²) in [7, 11) is 0. The van der Waals surface area contributed by atoms with E-state index < -0.39 is 0 Å². The number of carbonyl (C=O) groups excluding carboxylic acids is 1. The van der Waals surface area contributed by atoms with E-state index in [1.807, 2.05) is 13.0 Å². The summed E-state index contributed by atoms with van der Waals surface area (Å²) >= 11 is 0. The summed E-state index contributed by atoms with van der Waals surface area (Å²) in [5.74, 6) is 1.12. The Labute approximate surface area is 99.6 Å². The van der Waals surface area contributed by atoms with E-state index in [4.69, 9.17) is 0 Å². The first kappa shape index (κ1) is 10.3. The number of aromatic nitrogens is 2. The zero-order valence-electron chi connectivity index (χ0n) is 10.1. The third-order valence-corrected chi connectivity index (χ3v) is 3.27. The normalized spacial score (nSPS) is 14.0. The van der Waals surface area contributed by atoms with Crippen LogP contribution in [0, 0.1) is 6.92 Å². The van der Waals surface area contributed by atoms with Crippen LogP contribution < -0.4 is 5.32 Å². The van der Waals surface area contributed by atoms with Crippen molar-refractivity contribution in [3.8, 4) is 0 Å². The van der Waals surface area contributed by atoms with E-state index in [0.29, 0.717) is 0 Å². The van der Waals surface area contributed by atoms with Crippen LogP contribution in [0.5, 0.6) is 0 Å². The summed E-state index contributed by atoms with van der Waals surface area (Å²) in [5, 5.41) is 2.84. The van der Waals surface area contributed by atoms with E-state index >= 15 is 0 Å². The van der Waals surface area contributed by atoms with Crippen LogP contribution in [0.15, 0.2) is 12.1 Å². The summed E-state index contributed by atoms with van der Waals surface area (Å²) < 4.78 is 2.28.